The van der Waals surface area contributed by atoms with Crippen molar-refractivity contribution in [3.63, 3.8) is 0 Å². The SMILES string of the molecule is Cc1cncc(C(=O)c2cn[nH]c2N)c1. The molecule has 0 aliphatic heterocycles. The van der Waals surface area contributed by atoms with E-state index in [9.17, 15) is 4.79 Å². The van der Waals surface area contributed by atoms with Gasteiger partial charge in [0.15, 0.2) is 5.78 Å². The molecule has 0 atom stereocenters. The second-order valence-corrected chi connectivity index (χ2v) is 3.28. The molecule has 0 fully saturated rings. The molecule has 5 nitrogen and oxygen atoms in total. The lowest BCUT2D eigenvalue weighted by Gasteiger charge is -1.99. The number of nitrogen functional groups attached to an aromatic ring is 1. The number of H-pyrrole nitrogens is 1. The molecule has 0 spiro atoms. The van der Waals surface area contributed by atoms with E-state index in [0.29, 0.717) is 11.1 Å². The second kappa shape index (κ2) is 3.53. The number of aromatic nitrogens is 3. The molecule has 0 unspecified atom stereocenters. The molecule has 2 aromatic heterocycles. The third kappa shape index (κ3) is 1.71. The molecule has 0 aliphatic rings. The molecule has 2 rings (SSSR count). The Morgan fingerprint density at radius 3 is 2.80 bits per heavy atom. The van der Waals surface area contributed by atoms with E-state index in [-0.39, 0.29) is 11.6 Å². The van der Waals surface area contributed by atoms with Crippen LogP contribution in [0.4, 0.5) is 5.82 Å². The standard InChI is InChI=1S/C10H10N4O/c1-6-2-7(4-12-3-6)9(15)8-5-13-14-10(8)11/h2-5H,1H3,(H3,11,13,14). The van der Waals surface area contributed by atoms with Gasteiger partial charge in [-0.15, -0.1) is 0 Å². The Morgan fingerprint density at radius 1 is 1.40 bits per heavy atom. The summed E-state index contributed by atoms with van der Waals surface area (Å²) in [6.07, 6.45) is 4.62. The number of nitrogens with two attached hydrogens (primary N) is 1. The lowest BCUT2D eigenvalue weighted by Crippen LogP contribution is -2.04. The quantitative estimate of drug-likeness (QED) is 0.709. The van der Waals surface area contributed by atoms with Crippen LogP contribution in [0.3, 0.4) is 0 Å². The minimum absolute atomic E-state index is 0.169. The molecule has 76 valence electrons. The van der Waals surface area contributed by atoms with Gasteiger partial charge in [0.2, 0.25) is 0 Å². The number of ketones is 1. The summed E-state index contributed by atoms with van der Waals surface area (Å²) in [7, 11) is 0. The first kappa shape index (κ1) is 9.39. The Hall–Kier alpha value is -2.17. The molecule has 2 heterocycles. The number of aryl methyl sites for hydroxylation is 1. The van der Waals surface area contributed by atoms with Crippen LogP contribution in [0, 0.1) is 6.92 Å². The van der Waals surface area contributed by atoms with E-state index in [1.54, 1.807) is 12.3 Å². The zero-order chi connectivity index (χ0) is 10.8. The molecule has 0 aromatic carbocycles. The van der Waals surface area contributed by atoms with Gasteiger partial charge in [0.25, 0.3) is 0 Å². The Balaban J connectivity index is 2.41. The number of anilines is 1. The highest BCUT2D eigenvalue weighted by atomic mass is 16.1. The zero-order valence-electron chi connectivity index (χ0n) is 8.19. The predicted octanol–water partition coefficient (Wildman–Crippen LogP) is 0.926. The van der Waals surface area contributed by atoms with Crippen molar-refractivity contribution in [2.45, 2.75) is 6.92 Å². The third-order valence-electron chi connectivity index (χ3n) is 2.05. The minimum atomic E-state index is -0.169. The van der Waals surface area contributed by atoms with E-state index < -0.39 is 0 Å². The number of aromatic amines is 1. The van der Waals surface area contributed by atoms with Crippen LogP contribution in [0.2, 0.25) is 0 Å². The van der Waals surface area contributed by atoms with Crippen molar-refractivity contribution in [1.82, 2.24) is 15.2 Å². The van der Waals surface area contributed by atoms with Gasteiger partial charge in [-0.25, -0.2) is 0 Å². The van der Waals surface area contributed by atoms with Crippen molar-refractivity contribution >= 4 is 11.6 Å². The van der Waals surface area contributed by atoms with E-state index in [4.69, 9.17) is 5.73 Å². The van der Waals surface area contributed by atoms with E-state index in [1.807, 2.05) is 6.92 Å². The van der Waals surface area contributed by atoms with Crippen molar-refractivity contribution in [3.05, 3.63) is 41.3 Å². The lowest BCUT2D eigenvalue weighted by atomic mass is 10.1. The summed E-state index contributed by atoms with van der Waals surface area (Å²) in [5.41, 5.74) is 7.38. The Morgan fingerprint density at radius 2 is 2.20 bits per heavy atom. The largest absolute Gasteiger partial charge is 0.383 e. The van der Waals surface area contributed by atoms with Crippen molar-refractivity contribution in [1.29, 1.82) is 0 Å². The van der Waals surface area contributed by atoms with Crippen molar-refractivity contribution in [2.24, 2.45) is 0 Å². The van der Waals surface area contributed by atoms with Crippen molar-refractivity contribution < 1.29 is 4.79 Å². The van der Waals surface area contributed by atoms with Gasteiger partial charge in [-0.1, -0.05) is 0 Å². The van der Waals surface area contributed by atoms with Crippen molar-refractivity contribution in [3.8, 4) is 0 Å². The lowest BCUT2D eigenvalue weighted by molar-refractivity contribution is 0.103. The second-order valence-electron chi connectivity index (χ2n) is 3.28. The molecule has 3 N–H and O–H groups in total. The smallest absolute Gasteiger partial charge is 0.199 e. The first-order valence-electron chi connectivity index (χ1n) is 4.43. The monoisotopic (exact) mass is 202 g/mol. The zero-order valence-corrected chi connectivity index (χ0v) is 8.19. The van der Waals surface area contributed by atoms with Crippen LogP contribution in [-0.4, -0.2) is 21.0 Å². The molecular weight excluding hydrogens is 192 g/mol. The van der Waals surface area contributed by atoms with E-state index >= 15 is 0 Å². The van der Waals surface area contributed by atoms with Crippen molar-refractivity contribution in [2.75, 3.05) is 5.73 Å². The highest BCUT2D eigenvalue weighted by molar-refractivity contribution is 6.11. The summed E-state index contributed by atoms with van der Waals surface area (Å²) in [6, 6.07) is 1.77. The number of rotatable bonds is 2. The number of carbonyl (C=O) groups excluding carboxylic acids is 1. The summed E-state index contributed by atoms with van der Waals surface area (Å²) in [5, 5.41) is 6.22. The molecule has 15 heavy (non-hydrogen) atoms. The van der Waals surface area contributed by atoms with Gasteiger partial charge in [0.1, 0.15) is 5.82 Å². The van der Waals surface area contributed by atoms with Crippen LogP contribution in [0.25, 0.3) is 0 Å². The predicted molar refractivity (Wildman–Crippen MR) is 55.4 cm³/mol. The first-order valence-corrected chi connectivity index (χ1v) is 4.43. The Labute approximate surface area is 86.3 Å². The maximum Gasteiger partial charge on any atom is 0.199 e. The average molecular weight is 202 g/mol. The average Bonchev–Trinajstić information content (AvgIpc) is 2.63. The molecule has 0 saturated heterocycles. The summed E-state index contributed by atoms with van der Waals surface area (Å²) in [5.74, 6) is 0.110. The van der Waals surface area contributed by atoms with Crippen LogP contribution in [0.15, 0.2) is 24.7 Å². The van der Waals surface area contributed by atoms with E-state index in [2.05, 4.69) is 15.2 Å². The number of carbonyl (C=O) groups is 1. The van der Waals surface area contributed by atoms with Crippen LogP contribution in [0.5, 0.6) is 0 Å². The third-order valence-corrected chi connectivity index (χ3v) is 2.05. The van der Waals surface area contributed by atoms with Gasteiger partial charge in [-0.2, -0.15) is 5.10 Å². The normalized spacial score (nSPS) is 10.2. The summed E-state index contributed by atoms with van der Waals surface area (Å²) >= 11 is 0. The highest BCUT2D eigenvalue weighted by Crippen LogP contribution is 2.13. The topological polar surface area (TPSA) is 84.7 Å². The molecule has 0 amide bonds. The molecule has 0 saturated carbocycles. The molecule has 5 heteroatoms. The van der Waals surface area contributed by atoms with Crippen LogP contribution < -0.4 is 5.73 Å². The summed E-state index contributed by atoms with van der Waals surface area (Å²) in [4.78, 5) is 15.9. The number of hydrogen-bond donors (Lipinski definition) is 2. The molecular formula is C10H10N4O. The van der Waals surface area contributed by atoms with Gasteiger partial charge in [-0.05, 0) is 18.6 Å². The molecule has 2 aromatic rings. The molecule has 0 radical (unpaired) electrons. The fraction of sp³-hybridized carbons (Fsp3) is 0.100. The number of hydrogen-bond acceptors (Lipinski definition) is 4. The summed E-state index contributed by atoms with van der Waals surface area (Å²) < 4.78 is 0. The maximum atomic E-state index is 11.9. The fourth-order valence-electron chi connectivity index (χ4n) is 1.31. The van der Waals surface area contributed by atoms with Gasteiger partial charge in [0.05, 0.1) is 11.8 Å². The van der Waals surface area contributed by atoms with E-state index in [0.717, 1.165) is 5.56 Å². The highest BCUT2D eigenvalue weighted by Gasteiger charge is 2.14. The molecule has 0 bridgehead atoms. The fourth-order valence-corrected chi connectivity index (χ4v) is 1.31. The first-order chi connectivity index (χ1) is 7.18. The minimum Gasteiger partial charge on any atom is -0.383 e. The number of nitrogens with zero attached hydrogens (tertiary/aromatic N) is 2. The molecule has 0 aliphatic carbocycles. The van der Waals surface area contributed by atoms with Gasteiger partial charge in [-0.3, -0.25) is 14.9 Å². The van der Waals surface area contributed by atoms with Gasteiger partial charge < -0.3 is 5.73 Å². The maximum absolute atomic E-state index is 11.9. The van der Waals surface area contributed by atoms with Crippen LogP contribution in [-0.2, 0) is 0 Å². The number of nitrogens with one attached hydrogen (secondary N) is 1. The van der Waals surface area contributed by atoms with Gasteiger partial charge >= 0.3 is 0 Å². The van der Waals surface area contributed by atoms with Gasteiger partial charge in [0, 0.05) is 18.0 Å². The Kier molecular flexibility index (Phi) is 2.21. The summed E-state index contributed by atoms with van der Waals surface area (Å²) in [6.45, 7) is 1.88. The van der Waals surface area contributed by atoms with Crippen LogP contribution in [0.1, 0.15) is 21.5 Å². The van der Waals surface area contributed by atoms with E-state index in [1.165, 1.54) is 12.4 Å². The Bertz CT molecular complexity index is 504. The number of pyridine rings is 1. The van der Waals surface area contributed by atoms with Crippen LogP contribution >= 0.6 is 0 Å².